The highest BCUT2D eigenvalue weighted by atomic mass is 16.5. The van der Waals surface area contributed by atoms with E-state index in [-0.39, 0.29) is 37.2 Å². The first kappa shape index (κ1) is 16.3. The van der Waals surface area contributed by atoms with Crippen LogP contribution in [-0.4, -0.2) is 37.7 Å². The average Bonchev–Trinajstić information content (AvgIpc) is 2.35. The molecule has 6 nitrogen and oxygen atoms in total. The number of esters is 2. The molecule has 0 aromatic rings. The zero-order valence-corrected chi connectivity index (χ0v) is 10.9. The number of hydrogen-bond acceptors (Lipinski definition) is 6. The Balaban J connectivity index is 4.12. The number of carbonyl (C=O) groups is 4. The van der Waals surface area contributed by atoms with Crippen LogP contribution in [0, 0.1) is 5.92 Å². The second kappa shape index (κ2) is 8.38. The predicted octanol–water partition coefficient (Wildman–Crippen LogP) is 0.667. The van der Waals surface area contributed by atoms with Crippen molar-refractivity contribution in [3.63, 3.8) is 0 Å². The molecule has 0 saturated carbocycles. The molecule has 0 N–H and O–H groups in total. The molecule has 6 heteroatoms. The van der Waals surface area contributed by atoms with Crippen molar-refractivity contribution in [1.82, 2.24) is 0 Å². The maximum atomic E-state index is 11.4. The van der Waals surface area contributed by atoms with Gasteiger partial charge in [-0.15, -0.1) is 0 Å². The molecule has 0 radical (unpaired) electrons. The van der Waals surface area contributed by atoms with Crippen LogP contribution < -0.4 is 0 Å². The van der Waals surface area contributed by atoms with Crippen LogP contribution in [0.25, 0.3) is 0 Å². The molecule has 0 aliphatic carbocycles. The summed E-state index contributed by atoms with van der Waals surface area (Å²) in [6.45, 7) is 1.28. The molecule has 0 spiro atoms. The summed E-state index contributed by atoms with van der Waals surface area (Å²) < 4.78 is 8.88. The average molecular weight is 258 g/mol. The van der Waals surface area contributed by atoms with Crippen LogP contribution in [0.4, 0.5) is 0 Å². The molecule has 1 atom stereocenters. The molecule has 0 aromatic heterocycles. The monoisotopic (exact) mass is 258 g/mol. The second-order valence-electron chi connectivity index (χ2n) is 3.84. The van der Waals surface area contributed by atoms with Crippen LogP contribution in [0.3, 0.4) is 0 Å². The van der Waals surface area contributed by atoms with E-state index < -0.39 is 17.9 Å². The number of Topliss-reactive ketones (excluding diaryl/α,β-unsaturated/α-hetero) is 2. The van der Waals surface area contributed by atoms with Gasteiger partial charge < -0.3 is 9.47 Å². The molecular formula is C12H18O6. The van der Waals surface area contributed by atoms with E-state index in [9.17, 15) is 19.2 Å². The minimum Gasteiger partial charge on any atom is -0.469 e. The number of carbonyl (C=O) groups excluding carboxylic acids is 4. The van der Waals surface area contributed by atoms with Crippen molar-refractivity contribution >= 4 is 23.5 Å². The largest absolute Gasteiger partial charge is 0.469 e. The van der Waals surface area contributed by atoms with Gasteiger partial charge in [0.1, 0.15) is 17.5 Å². The molecule has 0 heterocycles. The number of ether oxygens (including phenoxy) is 2. The zero-order valence-electron chi connectivity index (χ0n) is 10.9. The van der Waals surface area contributed by atoms with Gasteiger partial charge in [0, 0.05) is 12.8 Å². The highest BCUT2D eigenvalue weighted by molar-refractivity contribution is 5.98. The van der Waals surface area contributed by atoms with Gasteiger partial charge in [-0.05, 0) is 13.3 Å². The Morgan fingerprint density at radius 1 is 0.944 bits per heavy atom. The van der Waals surface area contributed by atoms with Crippen LogP contribution in [0.5, 0.6) is 0 Å². The van der Waals surface area contributed by atoms with Crippen LogP contribution in [0.15, 0.2) is 0 Å². The SMILES string of the molecule is COC(=O)CCC(=O)CCC(C(C)=O)C(=O)OC. The van der Waals surface area contributed by atoms with Crippen molar-refractivity contribution in [2.24, 2.45) is 5.92 Å². The normalized spacial score (nSPS) is 11.5. The van der Waals surface area contributed by atoms with Crippen LogP contribution in [-0.2, 0) is 28.7 Å². The lowest BCUT2D eigenvalue weighted by molar-refractivity contribution is -0.149. The summed E-state index contributed by atoms with van der Waals surface area (Å²) in [5, 5.41) is 0. The number of rotatable bonds is 8. The summed E-state index contributed by atoms with van der Waals surface area (Å²) in [6.07, 6.45) is 0.245. The van der Waals surface area contributed by atoms with Gasteiger partial charge in [0.2, 0.25) is 0 Å². The lowest BCUT2D eigenvalue weighted by atomic mass is 9.97. The fourth-order valence-electron chi connectivity index (χ4n) is 1.40. The van der Waals surface area contributed by atoms with Crippen molar-refractivity contribution < 1.29 is 28.7 Å². The fraction of sp³-hybridized carbons (Fsp3) is 0.667. The van der Waals surface area contributed by atoms with Gasteiger partial charge in [0.05, 0.1) is 20.6 Å². The molecule has 0 aliphatic heterocycles. The van der Waals surface area contributed by atoms with E-state index in [1.807, 2.05) is 0 Å². The Bertz CT molecular complexity index is 333. The van der Waals surface area contributed by atoms with E-state index >= 15 is 0 Å². The Kier molecular flexibility index (Phi) is 7.58. The van der Waals surface area contributed by atoms with Gasteiger partial charge in [-0.25, -0.2) is 0 Å². The van der Waals surface area contributed by atoms with E-state index in [4.69, 9.17) is 0 Å². The zero-order chi connectivity index (χ0) is 14.1. The quantitative estimate of drug-likeness (QED) is 0.469. The first-order chi connectivity index (χ1) is 8.42. The predicted molar refractivity (Wildman–Crippen MR) is 61.7 cm³/mol. The lowest BCUT2D eigenvalue weighted by Crippen LogP contribution is -2.24. The van der Waals surface area contributed by atoms with E-state index in [0.29, 0.717) is 0 Å². The molecule has 0 saturated heterocycles. The molecular weight excluding hydrogens is 240 g/mol. The van der Waals surface area contributed by atoms with Crippen molar-refractivity contribution in [1.29, 1.82) is 0 Å². The topological polar surface area (TPSA) is 86.7 Å². The van der Waals surface area contributed by atoms with Crippen molar-refractivity contribution in [2.45, 2.75) is 32.6 Å². The standard InChI is InChI=1S/C12H18O6/c1-8(13)10(12(16)18-3)6-4-9(14)5-7-11(15)17-2/h10H,4-7H2,1-3H3. The molecule has 0 amide bonds. The summed E-state index contributed by atoms with van der Waals surface area (Å²) in [4.78, 5) is 44.7. The number of ketones is 2. The van der Waals surface area contributed by atoms with Crippen LogP contribution in [0.1, 0.15) is 32.6 Å². The number of hydrogen-bond donors (Lipinski definition) is 0. The van der Waals surface area contributed by atoms with E-state index in [1.54, 1.807) is 0 Å². The molecule has 0 aromatic carbocycles. The van der Waals surface area contributed by atoms with E-state index in [1.165, 1.54) is 21.1 Å². The molecule has 102 valence electrons. The molecule has 0 rings (SSSR count). The summed E-state index contributed by atoms with van der Waals surface area (Å²) in [7, 11) is 2.44. The summed E-state index contributed by atoms with van der Waals surface area (Å²) in [5.74, 6) is -2.52. The third kappa shape index (κ3) is 6.12. The van der Waals surface area contributed by atoms with Gasteiger partial charge in [-0.3, -0.25) is 19.2 Å². The highest BCUT2D eigenvalue weighted by Gasteiger charge is 2.24. The Morgan fingerprint density at radius 3 is 2.00 bits per heavy atom. The van der Waals surface area contributed by atoms with Crippen molar-refractivity contribution in [3.05, 3.63) is 0 Å². The lowest BCUT2D eigenvalue weighted by Gasteiger charge is -2.10. The molecule has 1 unspecified atom stereocenters. The van der Waals surface area contributed by atoms with Crippen molar-refractivity contribution in [3.8, 4) is 0 Å². The van der Waals surface area contributed by atoms with Crippen molar-refractivity contribution in [2.75, 3.05) is 14.2 Å². The van der Waals surface area contributed by atoms with Gasteiger partial charge in [0.25, 0.3) is 0 Å². The highest BCUT2D eigenvalue weighted by Crippen LogP contribution is 2.12. The van der Waals surface area contributed by atoms with Gasteiger partial charge in [-0.1, -0.05) is 0 Å². The van der Waals surface area contributed by atoms with E-state index in [0.717, 1.165) is 0 Å². The number of methoxy groups -OCH3 is 2. The molecule has 0 fully saturated rings. The minimum absolute atomic E-state index is 0.0122. The van der Waals surface area contributed by atoms with E-state index in [2.05, 4.69) is 9.47 Å². The second-order valence-corrected chi connectivity index (χ2v) is 3.84. The fourth-order valence-corrected chi connectivity index (χ4v) is 1.40. The van der Waals surface area contributed by atoms with Crippen LogP contribution >= 0.6 is 0 Å². The Hall–Kier alpha value is -1.72. The summed E-state index contributed by atoms with van der Waals surface area (Å²) in [6, 6.07) is 0. The third-order valence-electron chi connectivity index (χ3n) is 2.52. The third-order valence-corrected chi connectivity index (χ3v) is 2.52. The van der Waals surface area contributed by atoms with Crippen LogP contribution in [0.2, 0.25) is 0 Å². The first-order valence-corrected chi connectivity index (χ1v) is 5.59. The van der Waals surface area contributed by atoms with Gasteiger partial charge >= 0.3 is 11.9 Å². The minimum atomic E-state index is -0.905. The maximum absolute atomic E-state index is 11.4. The maximum Gasteiger partial charge on any atom is 0.316 e. The summed E-state index contributed by atoms with van der Waals surface area (Å²) >= 11 is 0. The van der Waals surface area contributed by atoms with Gasteiger partial charge in [-0.2, -0.15) is 0 Å². The molecule has 18 heavy (non-hydrogen) atoms. The molecule has 0 bridgehead atoms. The van der Waals surface area contributed by atoms with Gasteiger partial charge in [0.15, 0.2) is 0 Å². The smallest absolute Gasteiger partial charge is 0.316 e. The Morgan fingerprint density at radius 2 is 1.56 bits per heavy atom. The molecule has 0 aliphatic rings. The Labute approximate surface area is 106 Å². The summed E-state index contributed by atoms with van der Waals surface area (Å²) in [5.41, 5.74) is 0. The first-order valence-electron chi connectivity index (χ1n) is 5.59.